The molecule has 1 saturated heterocycles. The molecule has 2 aliphatic heterocycles. The van der Waals surface area contributed by atoms with Gasteiger partial charge >= 0.3 is 0 Å². The molecule has 0 spiro atoms. The number of nitrogens with two attached hydrogens (primary N) is 1. The zero-order valence-corrected chi connectivity index (χ0v) is 15.2. The molecule has 0 radical (unpaired) electrons. The van der Waals surface area contributed by atoms with Crippen molar-refractivity contribution in [3.05, 3.63) is 42.1 Å². The molecule has 1 aromatic rings. The van der Waals surface area contributed by atoms with Crippen molar-refractivity contribution in [1.82, 2.24) is 10.2 Å². The summed E-state index contributed by atoms with van der Waals surface area (Å²) in [5.41, 5.74) is 7.45. The smallest absolute Gasteiger partial charge is 0.202 e. The van der Waals surface area contributed by atoms with E-state index in [4.69, 9.17) is 10.5 Å². The molecule has 2 heterocycles. The summed E-state index contributed by atoms with van der Waals surface area (Å²) in [4.78, 5) is 6.89. The van der Waals surface area contributed by atoms with Gasteiger partial charge < -0.3 is 26.0 Å². The number of ether oxygens (including phenoxy) is 1. The molecule has 2 aliphatic rings. The SMILES string of the molecule is CC(OCCN1CCCC1)c1cccc(NC2=NC(C)(N)C=CN2)c1. The number of aliphatic imine (C=N–C) groups is 1. The van der Waals surface area contributed by atoms with Gasteiger partial charge in [-0.1, -0.05) is 12.1 Å². The van der Waals surface area contributed by atoms with Crippen molar-refractivity contribution in [2.24, 2.45) is 10.7 Å². The first-order valence-electron chi connectivity index (χ1n) is 9.06. The Morgan fingerprint density at radius 1 is 1.40 bits per heavy atom. The van der Waals surface area contributed by atoms with Gasteiger partial charge in [0.25, 0.3) is 0 Å². The Balaban J connectivity index is 1.54. The van der Waals surface area contributed by atoms with Gasteiger partial charge in [-0.25, -0.2) is 4.99 Å². The molecule has 6 nitrogen and oxygen atoms in total. The second-order valence-corrected chi connectivity index (χ2v) is 6.98. The number of hydrogen-bond acceptors (Lipinski definition) is 6. The van der Waals surface area contributed by atoms with E-state index in [9.17, 15) is 0 Å². The lowest BCUT2D eigenvalue weighted by atomic mass is 10.1. The fraction of sp³-hybridized carbons (Fsp3) is 0.526. The van der Waals surface area contributed by atoms with Crippen LogP contribution in [0.25, 0.3) is 0 Å². The molecule has 0 saturated carbocycles. The third-order valence-electron chi connectivity index (χ3n) is 4.59. The highest BCUT2D eigenvalue weighted by Gasteiger charge is 2.17. The van der Waals surface area contributed by atoms with Gasteiger partial charge in [0.05, 0.1) is 12.7 Å². The Morgan fingerprint density at radius 3 is 2.96 bits per heavy atom. The Morgan fingerprint density at radius 2 is 2.20 bits per heavy atom. The molecule has 3 rings (SSSR count). The first kappa shape index (κ1) is 17.9. The largest absolute Gasteiger partial charge is 0.372 e. The average Bonchev–Trinajstić information content (AvgIpc) is 3.07. The Labute approximate surface area is 150 Å². The van der Waals surface area contributed by atoms with Gasteiger partial charge in [0.15, 0.2) is 0 Å². The lowest BCUT2D eigenvalue weighted by molar-refractivity contribution is 0.0517. The van der Waals surface area contributed by atoms with Crippen LogP contribution in [0.2, 0.25) is 0 Å². The summed E-state index contributed by atoms with van der Waals surface area (Å²) >= 11 is 0. The van der Waals surface area contributed by atoms with Crippen molar-refractivity contribution >= 4 is 11.6 Å². The maximum atomic E-state index is 6.03. The summed E-state index contributed by atoms with van der Waals surface area (Å²) in [6.07, 6.45) is 6.33. The molecule has 2 atom stereocenters. The van der Waals surface area contributed by atoms with Crippen LogP contribution < -0.4 is 16.4 Å². The quantitative estimate of drug-likeness (QED) is 0.740. The Kier molecular flexibility index (Phi) is 5.73. The van der Waals surface area contributed by atoms with Gasteiger partial charge in [0, 0.05) is 18.4 Å². The molecular weight excluding hydrogens is 314 g/mol. The van der Waals surface area contributed by atoms with E-state index in [1.165, 1.54) is 25.9 Å². The molecule has 136 valence electrons. The van der Waals surface area contributed by atoms with Gasteiger partial charge in [0.1, 0.15) is 5.66 Å². The van der Waals surface area contributed by atoms with E-state index in [2.05, 4.69) is 39.6 Å². The fourth-order valence-corrected chi connectivity index (χ4v) is 3.13. The lowest BCUT2D eigenvalue weighted by Gasteiger charge is -2.23. The normalized spacial score (nSPS) is 24.7. The van der Waals surface area contributed by atoms with Gasteiger partial charge in [-0.2, -0.15) is 0 Å². The standard InChI is InChI=1S/C19H29N5O/c1-15(25-13-12-24-10-3-4-11-24)16-6-5-7-17(14-16)22-18-21-9-8-19(2,20)23-18/h5-9,14-15H,3-4,10-13,20H2,1-2H3,(H2,21,22,23). The van der Waals surface area contributed by atoms with Crippen LogP contribution >= 0.6 is 0 Å². The summed E-state index contributed by atoms with van der Waals surface area (Å²) in [5, 5.41) is 6.36. The number of nitrogens with one attached hydrogen (secondary N) is 2. The molecule has 1 aromatic carbocycles. The van der Waals surface area contributed by atoms with Crippen molar-refractivity contribution in [3.63, 3.8) is 0 Å². The lowest BCUT2D eigenvalue weighted by Crippen LogP contribution is -2.41. The maximum absolute atomic E-state index is 6.03. The molecule has 1 fully saturated rings. The molecule has 0 aliphatic carbocycles. The monoisotopic (exact) mass is 343 g/mol. The van der Waals surface area contributed by atoms with E-state index in [0.29, 0.717) is 5.96 Å². The molecule has 0 amide bonds. The van der Waals surface area contributed by atoms with E-state index in [-0.39, 0.29) is 6.10 Å². The zero-order chi connectivity index (χ0) is 17.7. The van der Waals surface area contributed by atoms with Crippen LogP contribution in [0.3, 0.4) is 0 Å². The van der Waals surface area contributed by atoms with Crippen molar-refractivity contribution in [2.45, 2.75) is 38.5 Å². The van der Waals surface area contributed by atoms with Gasteiger partial charge in [-0.3, -0.25) is 0 Å². The van der Waals surface area contributed by atoms with E-state index in [0.717, 1.165) is 24.4 Å². The molecular formula is C19H29N5O. The number of benzene rings is 1. The predicted molar refractivity (Wildman–Crippen MR) is 102 cm³/mol. The van der Waals surface area contributed by atoms with Crippen LogP contribution in [0.4, 0.5) is 5.69 Å². The molecule has 2 unspecified atom stereocenters. The van der Waals surface area contributed by atoms with E-state index in [1.54, 1.807) is 0 Å². The number of anilines is 1. The highest BCUT2D eigenvalue weighted by Crippen LogP contribution is 2.21. The first-order chi connectivity index (χ1) is 12.0. The Hall–Kier alpha value is -1.89. The average molecular weight is 343 g/mol. The highest BCUT2D eigenvalue weighted by atomic mass is 16.5. The van der Waals surface area contributed by atoms with Crippen LogP contribution in [0, 0.1) is 0 Å². The minimum atomic E-state index is -0.683. The zero-order valence-electron chi connectivity index (χ0n) is 15.2. The number of likely N-dealkylation sites (tertiary alicyclic amines) is 1. The maximum Gasteiger partial charge on any atom is 0.202 e. The molecule has 0 aromatic heterocycles. The van der Waals surface area contributed by atoms with Crippen molar-refractivity contribution in [3.8, 4) is 0 Å². The topological polar surface area (TPSA) is 74.9 Å². The number of rotatable bonds is 6. The minimum absolute atomic E-state index is 0.0604. The summed E-state index contributed by atoms with van der Waals surface area (Å²) in [6, 6.07) is 8.22. The first-order valence-corrected chi connectivity index (χ1v) is 9.06. The van der Waals surface area contributed by atoms with Crippen LogP contribution in [0.1, 0.15) is 38.4 Å². The minimum Gasteiger partial charge on any atom is -0.372 e. The van der Waals surface area contributed by atoms with Gasteiger partial charge in [-0.15, -0.1) is 0 Å². The van der Waals surface area contributed by atoms with Gasteiger partial charge in [0.2, 0.25) is 5.96 Å². The van der Waals surface area contributed by atoms with Crippen molar-refractivity contribution < 1.29 is 4.74 Å². The molecule has 0 bridgehead atoms. The number of guanidine groups is 1. The fourth-order valence-electron chi connectivity index (χ4n) is 3.13. The van der Waals surface area contributed by atoms with Crippen LogP contribution in [-0.2, 0) is 4.74 Å². The highest BCUT2D eigenvalue weighted by molar-refractivity contribution is 5.95. The molecule has 6 heteroatoms. The molecule has 4 N–H and O–H groups in total. The van der Waals surface area contributed by atoms with E-state index < -0.39 is 5.66 Å². The van der Waals surface area contributed by atoms with Crippen LogP contribution in [0.15, 0.2) is 41.5 Å². The van der Waals surface area contributed by atoms with Crippen molar-refractivity contribution in [1.29, 1.82) is 0 Å². The summed E-state index contributed by atoms with van der Waals surface area (Å²) < 4.78 is 6.02. The second kappa shape index (κ2) is 7.99. The van der Waals surface area contributed by atoms with Crippen molar-refractivity contribution in [2.75, 3.05) is 31.6 Å². The predicted octanol–water partition coefficient (Wildman–Crippen LogP) is 2.42. The van der Waals surface area contributed by atoms with E-state index in [1.807, 2.05) is 31.3 Å². The van der Waals surface area contributed by atoms with Crippen LogP contribution in [0.5, 0.6) is 0 Å². The summed E-state index contributed by atoms with van der Waals surface area (Å²) in [7, 11) is 0. The Bertz CT molecular complexity index is 634. The van der Waals surface area contributed by atoms with E-state index >= 15 is 0 Å². The number of hydrogen-bond donors (Lipinski definition) is 3. The van der Waals surface area contributed by atoms with Crippen LogP contribution in [-0.4, -0.2) is 42.8 Å². The third kappa shape index (κ3) is 5.29. The third-order valence-corrected chi connectivity index (χ3v) is 4.59. The summed E-state index contributed by atoms with van der Waals surface area (Å²) in [6.45, 7) is 8.16. The second-order valence-electron chi connectivity index (χ2n) is 6.98. The number of nitrogens with zero attached hydrogens (tertiary/aromatic N) is 2. The molecule has 25 heavy (non-hydrogen) atoms. The summed E-state index contributed by atoms with van der Waals surface area (Å²) in [5.74, 6) is 0.646. The van der Waals surface area contributed by atoms with Gasteiger partial charge in [-0.05, 0) is 63.6 Å².